The van der Waals surface area contributed by atoms with Crippen LogP contribution in [0.25, 0.3) is 0 Å². The second-order valence-electron chi connectivity index (χ2n) is 7.35. The van der Waals surface area contributed by atoms with Gasteiger partial charge in [0.15, 0.2) is 0 Å². The van der Waals surface area contributed by atoms with Crippen molar-refractivity contribution < 1.29 is 0 Å². The van der Waals surface area contributed by atoms with Crippen molar-refractivity contribution in [3.05, 3.63) is 34.3 Å². The van der Waals surface area contributed by atoms with Gasteiger partial charge in [-0.25, -0.2) is 0 Å². The predicted octanol–water partition coefficient (Wildman–Crippen LogP) is 5.83. The van der Waals surface area contributed by atoms with Gasteiger partial charge in [-0.05, 0) is 85.8 Å². The number of benzene rings is 1. The quantitative estimate of drug-likeness (QED) is 0.563. The highest BCUT2D eigenvalue weighted by Gasteiger charge is 2.49. The fraction of sp³-hybridized carbons (Fsp3) is 0.667. The number of alkyl halides is 1. The van der Waals surface area contributed by atoms with E-state index in [1.165, 1.54) is 42.1 Å². The van der Waals surface area contributed by atoms with Gasteiger partial charge in [0.25, 0.3) is 0 Å². The van der Waals surface area contributed by atoms with Gasteiger partial charge >= 0.3 is 0 Å². The lowest BCUT2D eigenvalue weighted by Gasteiger charge is -2.55. The van der Waals surface area contributed by atoms with Crippen molar-refractivity contribution in [3.8, 4) is 0 Å². The summed E-state index contributed by atoms with van der Waals surface area (Å²) in [4.78, 5) is 0.679. The summed E-state index contributed by atoms with van der Waals surface area (Å²) >= 11 is 7.60. The zero-order chi connectivity index (χ0) is 13.7. The number of hydrogen-bond donors (Lipinski definition) is 0. The molecule has 0 aromatic heterocycles. The Morgan fingerprint density at radius 1 is 0.900 bits per heavy atom. The van der Waals surface area contributed by atoms with Gasteiger partial charge in [0.05, 0.1) is 0 Å². The molecule has 1 aromatic rings. The van der Waals surface area contributed by atoms with Crippen molar-refractivity contribution in [2.45, 2.75) is 43.4 Å². The Hall–Kier alpha value is 0.180. The summed E-state index contributed by atoms with van der Waals surface area (Å²) in [6, 6.07) is 8.89. The van der Waals surface area contributed by atoms with Crippen LogP contribution in [-0.2, 0) is 6.42 Å². The molecule has 0 spiro atoms. The first-order valence-corrected chi connectivity index (χ1v) is 9.78. The zero-order valence-corrected chi connectivity index (χ0v) is 14.9. The molecular weight excluding hydrogens is 376 g/mol. The van der Waals surface area contributed by atoms with Crippen molar-refractivity contribution in [3.63, 3.8) is 0 Å². The van der Waals surface area contributed by atoms with Crippen molar-refractivity contribution in [2.24, 2.45) is 29.6 Å². The van der Waals surface area contributed by atoms with Crippen molar-refractivity contribution in [1.29, 1.82) is 0 Å². The summed E-state index contributed by atoms with van der Waals surface area (Å²) in [7, 11) is 0. The average Bonchev–Trinajstić information content (AvgIpc) is 2.40. The van der Waals surface area contributed by atoms with Crippen molar-refractivity contribution in [2.75, 3.05) is 0 Å². The molecule has 0 N–H and O–H groups in total. The van der Waals surface area contributed by atoms with Gasteiger partial charge in [0.2, 0.25) is 0 Å². The van der Waals surface area contributed by atoms with Crippen LogP contribution in [0.1, 0.15) is 37.7 Å². The SMILES string of the molecule is Brc1ccc(CC(Br)C2C3CC4CC(C3)CC2C4)cc1. The first-order chi connectivity index (χ1) is 9.69. The van der Waals surface area contributed by atoms with Gasteiger partial charge in [-0.2, -0.15) is 0 Å². The number of hydrogen-bond acceptors (Lipinski definition) is 0. The maximum atomic E-state index is 4.07. The molecule has 20 heavy (non-hydrogen) atoms. The largest absolute Gasteiger partial charge is 0.0884 e. The molecule has 0 heterocycles. The van der Waals surface area contributed by atoms with Crippen molar-refractivity contribution >= 4 is 31.9 Å². The third-order valence-electron chi connectivity index (χ3n) is 6.06. The van der Waals surface area contributed by atoms with Crippen LogP contribution in [0.5, 0.6) is 0 Å². The van der Waals surface area contributed by atoms with E-state index >= 15 is 0 Å². The Morgan fingerprint density at radius 2 is 1.45 bits per heavy atom. The third-order valence-corrected chi connectivity index (χ3v) is 7.52. The third kappa shape index (κ3) is 2.52. The van der Waals surface area contributed by atoms with E-state index in [1.807, 2.05) is 0 Å². The second-order valence-corrected chi connectivity index (χ2v) is 9.45. The Bertz CT molecular complexity index is 451. The molecule has 5 rings (SSSR count). The molecular formula is C18H22Br2. The minimum absolute atomic E-state index is 0.679. The lowest BCUT2D eigenvalue weighted by Crippen LogP contribution is -2.48. The number of halogens is 2. The lowest BCUT2D eigenvalue weighted by molar-refractivity contribution is -0.0360. The van der Waals surface area contributed by atoms with E-state index in [-0.39, 0.29) is 0 Å². The van der Waals surface area contributed by atoms with E-state index in [0.717, 1.165) is 29.6 Å². The normalized spacial score (nSPS) is 40.0. The minimum Gasteiger partial charge on any atom is -0.0884 e. The van der Waals surface area contributed by atoms with Crippen LogP contribution in [0, 0.1) is 29.6 Å². The fourth-order valence-electron chi connectivity index (χ4n) is 5.54. The molecule has 1 atom stereocenters. The Kier molecular flexibility index (Phi) is 3.75. The van der Waals surface area contributed by atoms with Crippen LogP contribution in [0.3, 0.4) is 0 Å². The summed E-state index contributed by atoms with van der Waals surface area (Å²) in [6.07, 6.45) is 8.86. The lowest BCUT2D eigenvalue weighted by atomic mass is 9.51. The van der Waals surface area contributed by atoms with Gasteiger partial charge in [-0.1, -0.05) is 44.0 Å². The summed E-state index contributed by atoms with van der Waals surface area (Å²) in [5, 5.41) is 0. The molecule has 4 bridgehead atoms. The van der Waals surface area contributed by atoms with Crippen LogP contribution in [0.2, 0.25) is 0 Å². The minimum atomic E-state index is 0.679. The Balaban J connectivity index is 1.48. The van der Waals surface area contributed by atoms with Crippen molar-refractivity contribution in [1.82, 2.24) is 0 Å². The van der Waals surface area contributed by atoms with Crippen LogP contribution in [0.4, 0.5) is 0 Å². The molecule has 108 valence electrons. The molecule has 1 unspecified atom stereocenters. The van der Waals surface area contributed by atoms with E-state index in [2.05, 4.69) is 56.1 Å². The Labute approximate surface area is 139 Å². The Morgan fingerprint density at radius 3 is 2.00 bits per heavy atom. The molecule has 4 saturated carbocycles. The van der Waals surface area contributed by atoms with Gasteiger partial charge in [0.1, 0.15) is 0 Å². The molecule has 2 heteroatoms. The van der Waals surface area contributed by atoms with E-state index in [1.54, 1.807) is 6.42 Å². The second kappa shape index (κ2) is 5.43. The molecule has 4 fully saturated rings. The van der Waals surface area contributed by atoms with E-state index in [4.69, 9.17) is 0 Å². The predicted molar refractivity (Wildman–Crippen MR) is 91.1 cm³/mol. The molecule has 0 saturated heterocycles. The van der Waals surface area contributed by atoms with Crippen LogP contribution < -0.4 is 0 Å². The molecule has 0 amide bonds. The van der Waals surface area contributed by atoms with E-state index in [9.17, 15) is 0 Å². The topological polar surface area (TPSA) is 0 Å². The molecule has 1 aromatic carbocycles. The molecule has 4 aliphatic rings. The molecule has 0 aliphatic heterocycles. The first-order valence-electron chi connectivity index (χ1n) is 8.07. The maximum Gasteiger partial charge on any atom is 0.0219 e. The van der Waals surface area contributed by atoms with Gasteiger partial charge in [0, 0.05) is 9.30 Å². The highest BCUT2D eigenvalue weighted by molar-refractivity contribution is 9.10. The summed E-state index contributed by atoms with van der Waals surface area (Å²) in [5.41, 5.74) is 1.48. The van der Waals surface area contributed by atoms with E-state index in [0.29, 0.717) is 4.83 Å². The molecule has 0 radical (unpaired) electrons. The first kappa shape index (κ1) is 13.8. The highest BCUT2D eigenvalue weighted by atomic mass is 79.9. The summed E-state index contributed by atoms with van der Waals surface area (Å²) < 4.78 is 1.18. The molecule has 4 aliphatic carbocycles. The smallest absolute Gasteiger partial charge is 0.0219 e. The molecule has 0 nitrogen and oxygen atoms in total. The van der Waals surface area contributed by atoms with Crippen LogP contribution in [0.15, 0.2) is 28.7 Å². The average molecular weight is 398 g/mol. The zero-order valence-electron chi connectivity index (χ0n) is 11.8. The fourth-order valence-corrected chi connectivity index (χ4v) is 7.04. The maximum absolute atomic E-state index is 4.07. The summed E-state index contributed by atoms with van der Waals surface area (Å²) in [6.45, 7) is 0. The van der Waals surface area contributed by atoms with Gasteiger partial charge < -0.3 is 0 Å². The van der Waals surface area contributed by atoms with E-state index < -0.39 is 0 Å². The number of rotatable bonds is 3. The van der Waals surface area contributed by atoms with Gasteiger partial charge in [-0.15, -0.1) is 0 Å². The van der Waals surface area contributed by atoms with Gasteiger partial charge in [-0.3, -0.25) is 0 Å². The standard InChI is InChI=1S/C18H22Br2/c19-16-3-1-11(2-4-16)10-17(20)18-14-6-12-5-13(8-14)9-15(18)7-12/h1-4,12-15,17-18H,5-10H2. The summed E-state index contributed by atoms with van der Waals surface area (Å²) in [5.74, 6) is 5.14. The monoisotopic (exact) mass is 396 g/mol. The van der Waals surface area contributed by atoms with Crippen LogP contribution in [-0.4, -0.2) is 4.83 Å². The highest BCUT2D eigenvalue weighted by Crippen LogP contribution is 2.58. The van der Waals surface area contributed by atoms with Crippen LogP contribution >= 0.6 is 31.9 Å².